The summed E-state index contributed by atoms with van der Waals surface area (Å²) in [5, 5.41) is 0.236. The van der Waals surface area contributed by atoms with E-state index in [1.54, 1.807) is 0 Å². The van der Waals surface area contributed by atoms with Gasteiger partial charge in [0, 0.05) is 19.4 Å². The van der Waals surface area contributed by atoms with Gasteiger partial charge in [0.05, 0.1) is 0 Å². The maximum atomic E-state index is 10.9. The number of hydrogen-bond acceptors (Lipinski definition) is 2. The lowest BCUT2D eigenvalue weighted by atomic mass is 10.2. The van der Waals surface area contributed by atoms with Crippen LogP contribution in [0.15, 0.2) is 0 Å². The lowest BCUT2D eigenvalue weighted by molar-refractivity contribution is -0.113. The van der Waals surface area contributed by atoms with Crippen molar-refractivity contribution in [1.29, 1.82) is 0 Å². The highest BCUT2D eigenvalue weighted by atomic mass is 28.4. The van der Waals surface area contributed by atoms with Gasteiger partial charge in [-0.25, -0.2) is 0 Å². The molecule has 0 rings (SSSR count). The van der Waals surface area contributed by atoms with Crippen molar-refractivity contribution in [3.63, 3.8) is 0 Å². The number of carbonyl (C=O) groups is 1. The number of Topliss-reactive ketones (excluding diaryl/α,β-unsaturated/α-hetero) is 1. The Morgan fingerprint density at radius 3 is 2.31 bits per heavy atom. The monoisotopic (exact) mass is 240 g/mol. The van der Waals surface area contributed by atoms with Crippen molar-refractivity contribution in [3.8, 4) is 11.8 Å². The quantitative estimate of drug-likeness (QED) is 0.326. The minimum Gasteiger partial charge on any atom is -0.416 e. The molecule has 0 aliphatic rings. The first-order valence-corrected chi connectivity index (χ1v) is 8.77. The third-order valence-electron chi connectivity index (χ3n) is 3.05. The summed E-state index contributed by atoms with van der Waals surface area (Å²) < 4.78 is 5.93. The Morgan fingerprint density at radius 1 is 1.31 bits per heavy atom. The molecule has 0 aliphatic heterocycles. The summed E-state index contributed by atoms with van der Waals surface area (Å²) in [6.07, 6.45) is 1.15. The number of ketones is 1. The van der Waals surface area contributed by atoms with Crippen molar-refractivity contribution in [2.45, 2.75) is 58.7 Å². The van der Waals surface area contributed by atoms with Crippen molar-refractivity contribution in [3.05, 3.63) is 0 Å². The molecule has 0 aliphatic carbocycles. The van der Waals surface area contributed by atoms with Crippen LogP contribution in [0.4, 0.5) is 0 Å². The normalized spacial score (nSPS) is 11.9. The summed E-state index contributed by atoms with van der Waals surface area (Å²) in [5.74, 6) is 5.47. The van der Waals surface area contributed by atoms with Gasteiger partial charge in [-0.2, -0.15) is 0 Å². The molecule has 0 saturated heterocycles. The van der Waals surface area contributed by atoms with Gasteiger partial charge in [-0.3, -0.25) is 4.79 Å². The van der Waals surface area contributed by atoms with Crippen LogP contribution in [0.1, 0.15) is 40.5 Å². The van der Waals surface area contributed by atoms with Crippen LogP contribution in [0.5, 0.6) is 0 Å². The van der Waals surface area contributed by atoms with Crippen molar-refractivity contribution in [2.24, 2.45) is 0 Å². The van der Waals surface area contributed by atoms with E-state index < -0.39 is 8.32 Å². The summed E-state index contributed by atoms with van der Waals surface area (Å²) in [7, 11) is -1.64. The second-order valence-corrected chi connectivity index (χ2v) is 10.2. The highest BCUT2D eigenvalue weighted by Gasteiger charge is 2.36. The smallest absolute Gasteiger partial charge is 0.205 e. The van der Waals surface area contributed by atoms with E-state index in [1.807, 2.05) is 6.92 Å². The molecule has 92 valence electrons. The van der Waals surface area contributed by atoms with Crippen molar-refractivity contribution in [2.75, 3.05) is 6.61 Å². The van der Waals surface area contributed by atoms with Gasteiger partial charge < -0.3 is 4.43 Å². The van der Waals surface area contributed by atoms with E-state index in [4.69, 9.17) is 4.43 Å². The van der Waals surface area contributed by atoms with E-state index in [0.29, 0.717) is 19.4 Å². The van der Waals surface area contributed by atoms with E-state index in [2.05, 4.69) is 45.7 Å². The fraction of sp³-hybridized carbons (Fsp3) is 0.769. The van der Waals surface area contributed by atoms with Gasteiger partial charge >= 0.3 is 0 Å². The molecule has 0 unspecified atom stereocenters. The third kappa shape index (κ3) is 5.48. The SMILES string of the molecule is CCC(=O)C#CCCO[Si](C)(C)C(C)(C)C. The van der Waals surface area contributed by atoms with E-state index in [-0.39, 0.29) is 10.8 Å². The lowest BCUT2D eigenvalue weighted by Gasteiger charge is -2.35. The molecular weight excluding hydrogens is 216 g/mol. The van der Waals surface area contributed by atoms with Crippen LogP contribution in [-0.4, -0.2) is 20.7 Å². The first-order valence-electron chi connectivity index (χ1n) is 5.86. The third-order valence-corrected chi connectivity index (χ3v) is 7.58. The Bertz CT molecular complexity index is 289. The summed E-state index contributed by atoms with van der Waals surface area (Å²) in [5.41, 5.74) is 0. The van der Waals surface area contributed by atoms with Gasteiger partial charge in [0.2, 0.25) is 5.78 Å². The van der Waals surface area contributed by atoms with Gasteiger partial charge in [0.25, 0.3) is 0 Å². The summed E-state index contributed by atoms with van der Waals surface area (Å²) in [6, 6.07) is 0. The standard InChI is InChI=1S/C13H24O2Si/c1-7-12(14)10-8-9-11-15-16(5,6)13(2,3)4/h7,9,11H2,1-6H3. The second-order valence-electron chi connectivity index (χ2n) is 5.44. The molecule has 16 heavy (non-hydrogen) atoms. The zero-order chi connectivity index (χ0) is 12.8. The Morgan fingerprint density at radius 2 is 1.88 bits per heavy atom. The first kappa shape index (κ1) is 15.4. The average molecular weight is 240 g/mol. The Kier molecular flexibility index (Phi) is 5.99. The van der Waals surface area contributed by atoms with E-state index in [0.717, 1.165) is 0 Å². The zero-order valence-corrected chi connectivity index (χ0v) is 12.4. The van der Waals surface area contributed by atoms with E-state index >= 15 is 0 Å². The Hall–Kier alpha value is -0.593. The van der Waals surface area contributed by atoms with Gasteiger partial charge in [-0.15, -0.1) is 0 Å². The highest BCUT2D eigenvalue weighted by molar-refractivity contribution is 6.74. The summed E-state index contributed by atoms with van der Waals surface area (Å²) in [4.78, 5) is 10.9. The Labute approximate surface area is 101 Å². The van der Waals surface area contributed by atoms with Crippen LogP contribution in [-0.2, 0) is 9.22 Å². The molecule has 0 radical (unpaired) electrons. The molecule has 2 nitrogen and oxygen atoms in total. The molecule has 0 fully saturated rings. The minimum atomic E-state index is -1.64. The van der Waals surface area contributed by atoms with Crippen LogP contribution in [0.3, 0.4) is 0 Å². The topological polar surface area (TPSA) is 26.3 Å². The van der Waals surface area contributed by atoms with Crippen molar-refractivity contribution in [1.82, 2.24) is 0 Å². The fourth-order valence-electron chi connectivity index (χ4n) is 0.823. The molecule has 0 N–H and O–H groups in total. The molecule has 0 bridgehead atoms. The number of carbonyl (C=O) groups excluding carboxylic acids is 1. The largest absolute Gasteiger partial charge is 0.416 e. The van der Waals surface area contributed by atoms with Crippen LogP contribution in [0.2, 0.25) is 18.1 Å². The first-order chi connectivity index (χ1) is 7.20. The molecular formula is C13H24O2Si. The van der Waals surface area contributed by atoms with Gasteiger partial charge in [0.15, 0.2) is 8.32 Å². The van der Waals surface area contributed by atoms with Gasteiger partial charge in [0.1, 0.15) is 0 Å². The molecule has 3 heteroatoms. The molecule has 0 heterocycles. The molecule has 0 spiro atoms. The molecule has 0 aromatic carbocycles. The van der Waals surface area contributed by atoms with Crippen molar-refractivity contribution < 1.29 is 9.22 Å². The lowest BCUT2D eigenvalue weighted by Crippen LogP contribution is -2.40. The van der Waals surface area contributed by atoms with E-state index in [9.17, 15) is 4.79 Å². The minimum absolute atomic E-state index is 0.00678. The zero-order valence-electron chi connectivity index (χ0n) is 11.4. The molecule has 0 amide bonds. The Balaban J connectivity index is 3.99. The number of hydrogen-bond donors (Lipinski definition) is 0. The van der Waals surface area contributed by atoms with Crippen LogP contribution in [0, 0.1) is 11.8 Å². The summed E-state index contributed by atoms with van der Waals surface area (Å²) in [6.45, 7) is 13.5. The maximum Gasteiger partial charge on any atom is 0.205 e. The average Bonchev–Trinajstić information content (AvgIpc) is 2.15. The van der Waals surface area contributed by atoms with Gasteiger partial charge in [-0.05, 0) is 24.1 Å². The van der Waals surface area contributed by atoms with Gasteiger partial charge in [-0.1, -0.05) is 33.6 Å². The fourth-order valence-corrected chi connectivity index (χ4v) is 1.87. The second kappa shape index (κ2) is 6.22. The predicted octanol–water partition coefficient (Wildman–Crippen LogP) is 3.38. The van der Waals surface area contributed by atoms with E-state index in [1.165, 1.54) is 0 Å². The molecule has 0 aromatic heterocycles. The van der Waals surface area contributed by atoms with Crippen LogP contribution < -0.4 is 0 Å². The highest BCUT2D eigenvalue weighted by Crippen LogP contribution is 2.36. The predicted molar refractivity (Wildman–Crippen MR) is 70.8 cm³/mol. The van der Waals surface area contributed by atoms with Crippen LogP contribution in [0.25, 0.3) is 0 Å². The molecule has 0 aromatic rings. The summed E-state index contributed by atoms with van der Waals surface area (Å²) >= 11 is 0. The molecule has 0 saturated carbocycles. The number of rotatable bonds is 4. The maximum absolute atomic E-state index is 10.9. The van der Waals surface area contributed by atoms with Crippen molar-refractivity contribution >= 4 is 14.1 Å². The molecule has 0 atom stereocenters. The van der Waals surface area contributed by atoms with Crippen LogP contribution >= 0.6 is 0 Å².